The van der Waals surface area contributed by atoms with Crippen LogP contribution in [0.4, 0.5) is 13.2 Å². The van der Waals surface area contributed by atoms with Crippen LogP contribution in [0.15, 0.2) is 24.5 Å². The Hall–Kier alpha value is -2.13. The van der Waals surface area contributed by atoms with Crippen molar-refractivity contribution in [2.75, 3.05) is 20.3 Å². The molecule has 1 aliphatic heterocycles. The number of aliphatic hydroxyl groups excluding tert-OH is 1. The van der Waals surface area contributed by atoms with Gasteiger partial charge in [-0.15, -0.1) is 0 Å². The van der Waals surface area contributed by atoms with E-state index in [4.69, 9.17) is 4.74 Å². The number of fused-ring (bicyclic) bond motifs is 1. The average molecular weight is 343 g/mol. The summed E-state index contributed by atoms with van der Waals surface area (Å²) in [5.41, 5.74) is -0.682. The normalized spacial score (nSPS) is 21.6. The first-order valence-corrected chi connectivity index (χ1v) is 7.34. The molecule has 0 radical (unpaired) electrons. The van der Waals surface area contributed by atoms with Crippen LogP contribution in [0.1, 0.15) is 22.5 Å². The lowest BCUT2D eigenvalue weighted by atomic mass is 10.2. The molecular weight excluding hydrogens is 327 g/mol. The van der Waals surface area contributed by atoms with Crippen molar-refractivity contribution in [3.05, 3.63) is 35.8 Å². The Bertz CT molecular complexity index is 759. The fourth-order valence-electron chi connectivity index (χ4n) is 2.89. The monoisotopic (exact) mass is 343 g/mol. The van der Waals surface area contributed by atoms with Crippen molar-refractivity contribution in [1.29, 1.82) is 0 Å². The molecule has 1 aliphatic rings. The number of carbonyl (C=O) groups excluding carboxylic acids is 1. The van der Waals surface area contributed by atoms with Crippen LogP contribution in [0.5, 0.6) is 0 Å². The van der Waals surface area contributed by atoms with Gasteiger partial charge in [0.25, 0.3) is 5.91 Å². The number of hydrogen-bond acceptors (Lipinski definition) is 4. The SMILES string of the molecule is CO[C@H]1C[C@@H](CO)N(C(=O)c2ccc3nc(C(F)(F)F)cn3c2)C1. The van der Waals surface area contributed by atoms with E-state index in [0.717, 1.165) is 6.20 Å². The quantitative estimate of drug-likeness (QED) is 0.919. The standard InChI is InChI=1S/C15H16F3N3O3/c1-24-11-4-10(8-22)21(6-11)14(23)9-2-3-13-19-12(15(16,17)18)7-20(13)5-9/h2-3,5,7,10-11,22H,4,6,8H2,1H3/t10-,11-/m0/s1. The largest absolute Gasteiger partial charge is 0.434 e. The highest BCUT2D eigenvalue weighted by Crippen LogP contribution is 2.29. The number of methoxy groups -OCH3 is 1. The summed E-state index contributed by atoms with van der Waals surface area (Å²) in [4.78, 5) is 17.6. The zero-order valence-electron chi connectivity index (χ0n) is 12.8. The molecule has 0 bridgehead atoms. The predicted octanol–water partition coefficient (Wildman–Crippen LogP) is 1.57. The molecule has 0 spiro atoms. The third kappa shape index (κ3) is 2.96. The first kappa shape index (κ1) is 16.7. The number of halogens is 3. The number of rotatable bonds is 3. The van der Waals surface area contributed by atoms with E-state index in [9.17, 15) is 23.1 Å². The molecule has 2 aromatic heterocycles. The molecule has 130 valence electrons. The van der Waals surface area contributed by atoms with Crippen LogP contribution in [-0.4, -0.2) is 57.7 Å². The average Bonchev–Trinajstić information content (AvgIpc) is 3.16. The van der Waals surface area contributed by atoms with Crippen LogP contribution in [0.3, 0.4) is 0 Å². The lowest BCUT2D eigenvalue weighted by Crippen LogP contribution is -2.38. The molecule has 1 N–H and O–H groups in total. The van der Waals surface area contributed by atoms with Gasteiger partial charge in [-0.2, -0.15) is 13.2 Å². The second kappa shape index (κ2) is 6.06. The van der Waals surface area contributed by atoms with E-state index in [1.54, 1.807) is 0 Å². The smallest absolute Gasteiger partial charge is 0.394 e. The van der Waals surface area contributed by atoms with E-state index in [2.05, 4.69) is 4.98 Å². The number of likely N-dealkylation sites (tertiary alicyclic amines) is 1. The van der Waals surface area contributed by atoms with Gasteiger partial charge in [0, 0.05) is 26.0 Å². The summed E-state index contributed by atoms with van der Waals surface area (Å²) in [6, 6.07) is 2.42. The first-order chi connectivity index (χ1) is 11.3. The third-order valence-electron chi connectivity index (χ3n) is 4.17. The topological polar surface area (TPSA) is 67.1 Å². The second-order valence-corrected chi connectivity index (χ2v) is 5.69. The lowest BCUT2D eigenvalue weighted by Gasteiger charge is -2.22. The molecule has 1 fully saturated rings. The van der Waals surface area contributed by atoms with Crippen LogP contribution in [0.2, 0.25) is 0 Å². The highest BCUT2D eigenvalue weighted by molar-refractivity contribution is 5.94. The van der Waals surface area contributed by atoms with Gasteiger partial charge in [0.2, 0.25) is 0 Å². The zero-order valence-corrected chi connectivity index (χ0v) is 12.8. The van der Waals surface area contributed by atoms with E-state index in [1.807, 2.05) is 0 Å². The highest BCUT2D eigenvalue weighted by Gasteiger charge is 2.36. The van der Waals surface area contributed by atoms with E-state index >= 15 is 0 Å². The van der Waals surface area contributed by atoms with Crippen molar-refractivity contribution in [2.45, 2.75) is 24.7 Å². The number of nitrogens with zero attached hydrogens (tertiary/aromatic N) is 3. The summed E-state index contributed by atoms with van der Waals surface area (Å²) < 4.78 is 44.6. The Morgan fingerprint density at radius 1 is 1.42 bits per heavy atom. The van der Waals surface area contributed by atoms with Crippen LogP contribution in [0, 0.1) is 0 Å². The number of aliphatic hydroxyl groups is 1. The molecule has 3 heterocycles. The molecule has 0 unspecified atom stereocenters. The summed E-state index contributed by atoms with van der Waals surface area (Å²) in [5.74, 6) is -0.363. The van der Waals surface area contributed by atoms with Gasteiger partial charge in [-0.25, -0.2) is 4.98 Å². The summed E-state index contributed by atoms with van der Waals surface area (Å²) >= 11 is 0. The molecule has 24 heavy (non-hydrogen) atoms. The van der Waals surface area contributed by atoms with Gasteiger partial charge < -0.3 is 19.1 Å². The summed E-state index contributed by atoms with van der Waals surface area (Å²) in [5, 5.41) is 9.42. The summed E-state index contributed by atoms with van der Waals surface area (Å²) in [6.07, 6.45) is -2.03. The lowest BCUT2D eigenvalue weighted by molar-refractivity contribution is -0.140. The van der Waals surface area contributed by atoms with Crippen molar-refractivity contribution >= 4 is 11.6 Å². The predicted molar refractivity (Wildman–Crippen MR) is 77.5 cm³/mol. The molecule has 9 heteroatoms. The fraction of sp³-hybridized carbons (Fsp3) is 0.467. The van der Waals surface area contributed by atoms with Crippen LogP contribution >= 0.6 is 0 Å². The maximum absolute atomic E-state index is 12.7. The highest BCUT2D eigenvalue weighted by atomic mass is 19.4. The van der Waals surface area contributed by atoms with Gasteiger partial charge in [-0.1, -0.05) is 0 Å². The zero-order chi connectivity index (χ0) is 17.5. The van der Waals surface area contributed by atoms with Crippen molar-refractivity contribution < 1.29 is 27.8 Å². The van der Waals surface area contributed by atoms with Crippen LogP contribution in [-0.2, 0) is 10.9 Å². The minimum atomic E-state index is -4.54. The Kier molecular flexibility index (Phi) is 4.22. The van der Waals surface area contributed by atoms with Crippen LogP contribution in [0.25, 0.3) is 5.65 Å². The van der Waals surface area contributed by atoms with Crippen LogP contribution < -0.4 is 0 Å². The molecule has 0 aliphatic carbocycles. The number of pyridine rings is 1. The maximum Gasteiger partial charge on any atom is 0.434 e. The van der Waals surface area contributed by atoms with Gasteiger partial charge >= 0.3 is 6.18 Å². The van der Waals surface area contributed by atoms with E-state index < -0.39 is 11.9 Å². The Balaban J connectivity index is 1.90. The molecule has 6 nitrogen and oxygen atoms in total. The summed E-state index contributed by atoms with van der Waals surface area (Å²) in [6.45, 7) is 0.132. The number of amides is 1. The number of alkyl halides is 3. The van der Waals surface area contributed by atoms with E-state index in [-0.39, 0.29) is 35.9 Å². The number of carbonyl (C=O) groups is 1. The van der Waals surface area contributed by atoms with Gasteiger partial charge in [-0.05, 0) is 18.6 Å². The Labute approximate surface area is 135 Å². The van der Waals surface area contributed by atoms with Crippen molar-refractivity contribution in [2.24, 2.45) is 0 Å². The van der Waals surface area contributed by atoms with Gasteiger partial charge in [0.1, 0.15) is 5.65 Å². The molecule has 1 saturated heterocycles. The van der Waals surface area contributed by atoms with Crippen molar-refractivity contribution in [1.82, 2.24) is 14.3 Å². The van der Waals surface area contributed by atoms with Gasteiger partial charge in [0.05, 0.1) is 24.3 Å². The minimum Gasteiger partial charge on any atom is -0.394 e. The van der Waals surface area contributed by atoms with E-state index in [0.29, 0.717) is 13.0 Å². The molecular formula is C15H16F3N3O3. The maximum atomic E-state index is 12.7. The Morgan fingerprint density at radius 2 is 2.17 bits per heavy atom. The fourth-order valence-corrected chi connectivity index (χ4v) is 2.89. The number of ether oxygens (including phenoxy) is 1. The Morgan fingerprint density at radius 3 is 2.79 bits per heavy atom. The molecule has 3 rings (SSSR count). The third-order valence-corrected chi connectivity index (χ3v) is 4.17. The van der Waals surface area contributed by atoms with Gasteiger partial charge in [-0.3, -0.25) is 4.79 Å². The van der Waals surface area contributed by atoms with Crippen molar-refractivity contribution in [3.63, 3.8) is 0 Å². The second-order valence-electron chi connectivity index (χ2n) is 5.69. The number of aromatic nitrogens is 2. The summed E-state index contributed by atoms with van der Waals surface area (Å²) in [7, 11) is 1.53. The first-order valence-electron chi connectivity index (χ1n) is 7.34. The van der Waals surface area contributed by atoms with Crippen molar-refractivity contribution in [3.8, 4) is 0 Å². The number of hydrogen-bond donors (Lipinski definition) is 1. The molecule has 0 saturated carbocycles. The van der Waals surface area contributed by atoms with E-state index in [1.165, 1.54) is 34.7 Å². The molecule has 2 aromatic rings. The van der Waals surface area contributed by atoms with Gasteiger partial charge in [0.15, 0.2) is 5.69 Å². The molecule has 0 aromatic carbocycles. The molecule has 2 atom stereocenters. The molecule has 1 amide bonds. The minimum absolute atomic E-state index is 0.105. The number of imidazole rings is 1.